The number of carbonyl (C=O) groups is 2. The van der Waals surface area contributed by atoms with Crippen molar-refractivity contribution in [1.82, 2.24) is 4.98 Å². The monoisotopic (exact) mass is 260 g/mol. The summed E-state index contributed by atoms with van der Waals surface area (Å²) in [6.07, 6.45) is 1.25. The van der Waals surface area contributed by atoms with Crippen LogP contribution in [0.2, 0.25) is 0 Å². The Morgan fingerprint density at radius 1 is 1.32 bits per heavy atom. The molecule has 2 aromatic rings. The lowest BCUT2D eigenvalue weighted by Crippen LogP contribution is -2.14. The van der Waals surface area contributed by atoms with Gasteiger partial charge in [0, 0.05) is 18.0 Å². The van der Waals surface area contributed by atoms with Crippen molar-refractivity contribution in [3.8, 4) is 5.75 Å². The molecule has 96 valence electrons. The van der Waals surface area contributed by atoms with Gasteiger partial charge in [-0.15, -0.1) is 0 Å². The van der Waals surface area contributed by atoms with Crippen LogP contribution in [0.3, 0.4) is 0 Å². The third-order valence-electron chi connectivity index (χ3n) is 2.28. The van der Waals surface area contributed by atoms with Gasteiger partial charge in [0.2, 0.25) is 5.95 Å². The van der Waals surface area contributed by atoms with E-state index in [2.05, 4.69) is 15.0 Å². The summed E-state index contributed by atoms with van der Waals surface area (Å²) in [5.41, 5.74) is 0.219. The summed E-state index contributed by atoms with van der Waals surface area (Å²) in [6, 6.07) is 8.96. The van der Waals surface area contributed by atoms with E-state index in [9.17, 15) is 14.0 Å². The molecule has 0 aliphatic heterocycles. The van der Waals surface area contributed by atoms with Gasteiger partial charge in [0.05, 0.1) is 5.56 Å². The van der Waals surface area contributed by atoms with Crippen LogP contribution in [0, 0.1) is 5.95 Å². The summed E-state index contributed by atoms with van der Waals surface area (Å²) in [7, 11) is 0. The molecule has 0 unspecified atom stereocenters. The van der Waals surface area contributed by atoms with E-state index in [0.29, 0.717) is 5.69 Å². The molecule has 5 nitrogen and oxygen atoms in total. The van der Waals surface area contributed by atoms with Crippen molar-refractivity contribution in [3.05, 3.63) is 54.1 Å². The Bertz CT molecular complexity index is 616. The average Bonchev–Trinajstić information content (AvgIpc) is 2.40. The number of rotatable bonds is 4. The van der Waals surface area contributed by atoms with E-state index in [-0.39, 0.29) is 17.8 Å². The van der Waals surface area contributed by atoms with E-state index in [1.807, 2.05) is 0 Å². The molecule has 2 rings (SSSR count). The van der Waals surface area contributed by atoms with Crippen LogP contribution in [-0.4, -0.2) is 17.4 Å². The SMILES string of the molecule is O=COc1cccc(NC(=O)c2cccnc2F)c1. The van der Waals surface area contributed by atoms with Crippen LogP contribution >= 0.6 is 0 Å². The fourth-order valence-corrected chi connectivity index (χ4v) is 1.46. The second-order valence-electron chi connectivity index (χ2n) is 3.54. The smallest absolute Gasteiger partial charge is 0.298 e. The van der Waals surface area contributed by atoms with Gasteiger partial charge >= 0.3 is 0 Å². The number of anilines is 1. The van der Waals surface area contributed by atoms with Gasteiger partial charge in [-0.3, -0.25) is 9.59 Å². The first-order valence-electron chi connectivity index (χ1n) is 5.33. The van der Waals surface area contributed by atoms with Crippen LogP contribution in [0.15, 0.2) is 42.6 Å². The van der Waals surface area contributed by atoms with Gasteiger partial charge in [-0.25, -0.2) is 4.98 Å². The third kappa shape index (κ3) is 3.12. The number of nitrogens with zero attached hydrogens (tertiary/aromatic N) is 1. The zero-order chi connectivity index (χ0) is 13.7. The molecule has 0 saturated carbocycles. The molecule has 0 aliphatic rings. The van der Waals surface area contributed by atoms with E-state index in [4.69, 9.17) is 0 Å². The number of halogens is 1. The van der Waals surface area contributed by atoms with Crippen LogP contribution in [0.1, 0.15) is 10.4 Å². The Hall–Kier alpha value is -2.76. The first-order chi connectivity index (χ1) is 9.20. The van der Waals surface area contributed by atoms with Crippen molar-refractivity contribution in [2.45, 2.75) is 0 Å². The first kappa shape index (κ1) is 12.7. The van der Waals surface area contributed by atoms with Crippen molar-refractivity contribution in [1.29, 1.82) is 0 Å². The van der Waals surface area contributed by atoms with Gasteiger partial charge in [0.15, 0.2) is 0 Å². The molecule has 1 aromatic carbocycles. The van der Waals surface area contributed by atoms with E-state index < -0.39 is 11.9 Å². The van der Waals surface area contributed by atoms with Crippen molar-refractivity contribution < 1.29 is 18.7 Å². The maximum atomic E-state index is 13.3. The molecule has 0 atom stereocenters. The molecule has 0 fully saturated rings. The summed E-state index contributed by atoms with van der Waals surface area (Å²) in [4.78, 5) is 25.4. The molecule has 1 amide bonds. The molecule has 0 aliphatic carbocycles. The third-order valence-corrected chi connectivity index (χ3v) is 2.28. The molecule has 0 radical (unpaired) electrons. The molecule has 6 heteroatoms. The van der Waals surface area contributed by atoms with E-state index in [0.717, 1.165) is 0 Å². The molecule has 1 N–H and O–H groups in total. The quantitative estimate of drug-likeness (QED) is 0.674. The lowest BCUT2D eigenvalue weighted by Gasteiger charge is -2.06. The standard InChI is InChI=1S/C13H9FN2O3/c14-12-11(5-2-6-15-12)13(18)16-9-3-1-4-10(7-9)19-8-17/h1-8H,(H,16,18). The molecular weight excluding hydrogens is 251 g/mol. The largest absolute Gasteiger partial charge is 0.429 e. The molecular formula is C13H9FN2O3. The second-order valence-corrected chi connectivity index (χ2v) is 3.54. The number of pyridine rings is 1. The number of ether oxygens (including phenoxy) is 1. The number of aromatic nitrogens is 1. The van der Waals surface area contributed by atoms with Gasteiger partial charge in [-0.2, -0.15) is 4.39 Å². The van der Waals surface area contributed by atoms with Crippen LogP contribution in [0.5, 0.6) is 5.75 Å². The highest BCUT2D eigenvalue weighted by Gasteiger charge is 2.12. The minimum atomic E-state index is -0.847. The summed E-state index contributed by atoms with van der Waals surface area (Å²) >= 11 is 0. The summed E-state index contributed by atoms with van der Waals surface area (Å²) in [5.74, 6) is -1.20. The van der Waals surface area contributed by atoms with E-state index in [1.54, 1.807) is 18.2 Å². The minimum Gasteiger partial charge on any atom is -0.429 e. The highest BCUT2D eigenvalue weighted by atomic mass is 19.1. The topological polar surface area (TPSA) is 68.3 Å². The van der Waals surface area contributed by atoms with Gasteiger partial charge in [-0.05, 0) is 24.3 Å². The second kappa shape index (κ2) is 5.72. The highest BCUT2D eigenvalue weighted by molar-refractivity contribution is 6.04. The van der Waals surface area contributed by atoms with Crippen molar-refractivity contribution in [2.75, 3.05) is 5.32 Å². The predicted molar refractivity (Wildman–Crippen MR) is 65.3 cm³/mol. The maximum Gasteiger partial charge on any atom is 0.298 e. The summed E-state index contributed by atoms with van der Waals surface area (Å²) < 4.78 is 17.9. The number of hydrogen-bond acceptors (Lipinski definition) is 4. The molecule has 0 saturated heterocycles. The number of amides is 1. The van der Waals surface area contributed by atoms with Crippen molar-refractivity contribution in [3.63, 3.8) is 0 Å². The fourth-order valence-electron chi connectivity index (χ4n) is 1.46. The van der Waals surface area contributed by atoms with Gasteiger partial charge in [-0.1, -0.05) is 6.07 Å². The van der Waals surface area contributed by atoms with Crippen LogP contribution in [0.25, 0.3) is 0 Å². The van der Waals surface area contributed by atoms with Crippen LogP contribution < -0.4 is 10.1 Å². The zero-order valence-electron chi connectivity index (χ0n) is 9.67. The van der Waals surface area contributed by atoms with Crippen molar-refractivity contribution >= 4 is 18.1 Å². The normalized spacial score (nSPS) is 9.74. The number of nitrogens with one attached hydrogen (secondary N) is 1. The number of carbonyl (C=O) groups excluding carboxylic acids is 2. The fraction of sp³-hybridized carbons (Fsp3) is 0. The Kier molecular flexibility index (Phi) is 3.82. The first-order valence-corrected chi connectivity index (χ1v) is 5.33. The number of hydrogen-bond donors (Lipinski definition) is 1. The Morgan fingerprint density at radius 3 is 2.89 bits per heavy atom. The van der Waals surface area contributed by atoms with E-state index >= 15 is 0 Å². The minimum absolute atomic E-state index is 0.163. The molecule has 1 aromatic heterocycles. The zero-order valence-corrected chi connectivity index (χ0v) is 9.67. The molecule has 19 heavy (non-hydrogen) atoms. The predicted octanol–water partition coefficient (Wildman–Crippen LogP) is 2.01. The lowest BCUT2D eigenvalue weighted by molar-refractivity contribution is -0.120. The summed E-state index contributed by atoms with van der Waals surface area (Å²) in [6.45, 7) is 0.279. The van der Waals surface area contributed by atoms with E-state index in [1.165, 1.54) is 24.4 Å². The maximum absolute atomic E-state index is 13.3. The Balaban J connectivity index is 2.17. The van der Waals surface area contributed by atoms with Crippen LogP contribution in [0.4, 0.5) is 10.1 Å². The van der Waals surface area contributed by atoms with Gasteiger partial charge in [0.25, 0.3) is 12.4 Å². The Morgan fingerprint density at radius 2 is 2.16 bits per heavy atom. The van der Waals surface area contributed by atoms with Crippen LogP contribution in [-0.2, 0) is 4.79 Å². The highest BCUT2D eigenvalue weighted by Crippen LogP contribution is 2.17. The average molecular weight is 260 g/mol. The van der Waals surface area contributed by atoms with Gasteiger partial charge < -0.3 is 10.1 Å². The summed E-state index contributed by atoms with van der Waals surface area (Å²) in [5, 5.41) is 2.48. The Labute approximate surface area is 108 Å². The number of benzene rings is 1. The van der Waals surface area contributed by atoms with Crippen molar-refractivity contribution in [2.24, 2.45) is 0 Å². The van der Waals surface area contributed by atoms with Gasteiger partial charge in [0.1, 0.15) is 5.75 Å². The molecule has 0 bridgehead atoms. The molecule has 0 spiro atoms. The molecule has 1 heterocycles. The lowest BCUT2D eigenvalue weighted by atomic mass is 10.2.